The van der Waals surface area contributed by atoms with Gasteiger partial charge in [-0.15, -0.1) is 0 Å². The average Bonchev–Trinajstić information content (AvgIpc) is 3.38. The highest BCUT2D eigenvalue weighted by Crippen LogP contribution is 2.55. The third-order valence-electron chi connectivity index (χ3n) is 19.2. The van der Waals surface area contributed by atoms with Gasteiger partial charge in [0.1, 0.15) is 33.4 Å². The number of H-pyrrole nitrogens is 1. The molecule has 0 radical (unpaired) electrons. The summed E-state index contributed by atoms with van der Waals surface area (Å²) in [6.07, 6.45) is 12.5. The molecule has 1 spiro atoms. The number of aromatic nitrogens is 3. The Balaban J connectivity index is 0.788. The summed E-state index contributed by atoms with van der Waals surface area (Å²) in [7, 11) is -0.204. The van der Waals surface area contributed by atoms with Gasteiger partial charge in [0.2, 0.25) is 0 Å². The average molecular weight is 1150 g/mol. The molecule has 2 saturated carbocycles. The number of fused-ring (bicyclic) bond motifs is 4. The molecule has 2 aromatic heterocycles. The summed E-state index contributed by atoms with van der Waals surface area (Å²) in [6, 6.07) is 26.8. The van der Waals surface area contributed by atoms with Gasteiger partial charge in [-0.05, 0) is 147 Å². The van der Waals surface area contributed by atoms with E-state index in [4.69, 9.17) is 14.2 Å². The van der Waals surface area contributed by atoms with Crippen LogP contribution in [-0.2, 0) is 23.0 Å². The molecule has 5 N–H and O–H groups in total. The van der Waals surface area contributed by atoms with Crippen LogP contribution in [0.3, 0.4) is 0 Å². The normalized spacial score (nSPS) is 24.1. The van der Waals surface area contributed by atoms with Crippen LogP contribution in [0.4, 0.5) is 21.5 Å². The maximum atomic E-state index is 15.1. The molecule has 83 heavy (non-hydrogen) atoms. The molecule has 4 aromatic carbocycles. The van der Waals surface area contributed by atoms with Crippen molar-refractivity contribution in [3.05, 3.63) is 130 Å². The predicted octanol–water partition coefficient (Wildman–Crippen LogP) is 9.96. The van der Waals surface area contributed by atoms with Crippen molar-refractivity contribution in [3.63, 3.8) is 0 Å². The van der Waals surface area contributed by atoms with Crippen LogP contribution in [0.2, 0.25) is 0 Å². The van der Waals surface area contributed by atoms with Crippen molar-refractivity contribution in [2.75, 3.05) is 64.2 Å². The smallest absolute Gasteiger partial charge is 0.268 e. The standard InChI is InChI=1S/C64H78FN9O8S/c1-39(2)47-9-7-8-10-48(47)53-28-42-27-44(73(36-42)35-41-11-14-46(80-5)15-12-41)37-74(53)45-32-64(33-45)23-25-72(26-24-64)43-13-16-49(55(29-43)82-56-30-50-51(65)17-18-52(50)69-62(56)81-6)61(75)70-83(78,79)57-31-54(71(4)77)58(60-59(57)67-38-68-60)66-34-40-19-21-63(3,76)22-20-40/h7-17,29-31,38-40,42,44-45,53,66,71,76H,18-28,32-37H2,1-6H3,(H,67,68)(H,70,75)/t40-,42?,44?,53-,63-/m0/s1. The topological polar surface area (TPSA) is 202 Å². The van der Waals surface area contributed by atoms with Gasteiger partial charge in [0.25, 0.3) is 21.8 Å². The molecular weight excluding hydrogens is 1070 g/mol. The minimum atomic E-state index is -4.70. The van der Waals surface area contributed by atoms with Crippen LogP contribution in [0.25, 0.3) is 16.9 Å². The van der Waals surface area contributed by atoms with Gasteiger partial charge < -0.3 is 44.8 Å². The van der Waals surface area contributed by atoms with Crippen molar-refractivity contribution in [1.82, 2.24) is 29.5 Å². The van der Waals surface area contributed by atoms with Crippen LogP contribution >= 0.6 is 0 Å². The summed E-state index contributed by atoms with van der Waals surface area (Å²) in [6.45, 7) is 11.6. The number of ether oxygens (including phenoxy) is 3. The number of anilines is 2. The number of nitrogens with one attached hydrogen (secondary N) is 4. The highest BCUT2D eigenvalue weighted by Gasteiger charge is 2.52. The Hall–Kier alpha value is -6.61. The zero-order chi connectivity index (χ0) is 58.0. The van der Waals surface area contributed by atoms with Gasteiger partial charge in [-0.2, -0.15) is 0 Å². The lowest BCUT2D eigenvalue weighted by Gasteiger charge is -2.57. The van der Waals surface area contributed by atoms with Crippen molar-refractivity contribution in [2.24, 2.45) is 17.3 Å². The number of quaternary nitrogens is 1. The van der Waals surface area contributed by atoms with Crippen LogP contribution in [0.15, 0.2) is 96.2 Å². The number of allylic oxidation sites excluding steroid dienone is 1. The lowest BCUT2D eigenvalue weighted by atomic mass is 9.59. The number of piperidine rings is 1. The van der Waals surface area contributed by atoms with Crippen LogP contribution in [-0.4, -0.2) is 116 Å². The maximum absolute atomic E-state index is 15.1. The number of sulfonamides is 1. The first-order valence-corrected chi connectivity index (χ1v) is 31.1. The van der Waals surface area contributed by atoms with Gasteiger partial charge in [0.05, 0.1) is 50.0 Å². The third kappa shape index (κ3) is 11.4. The molecule has 4 atom stereocenters. The number of hydrogen-bond donors (Lipinski definition) is 5. The summed E-state index contributed by atoms with van der Waals surface area (Å²) >= 11 is 0. The van der Waals surface area contributed by atoms with Crippen LogP contribution in [0.1, 0.15) is 135 Å². The molecule has 12 rings (SSSR count). The molecule has 2 bridgehead atoms. The molecule has 1 amide bonds. The molecule has 19 heteroatoms. The van der Waals surface area contributed by atoms with Crippen molar-refractivity contribution < 1.29 is 42.0 Å². The third-order valence-corrected chi connectivity index (χ3v) is 20.6. The van der Waals surface area contributed by atoms with Crippen LogP contribution in [0, 0.1) is 22.5 Å². The zero-order valence-corrected chi connectivity index (χ0v) is 49.3. The number of benzene rings is 4. The number of nitrogens with zero attached hydrogens (tertiary/aromatic N) is 5. The van der Waals surface area contributed by atoms with E-state index in [9.17, 15) is 23.5 Å². The lowest BCUT2D eigenvalue weighted by molar-refractivity contribution is -0.750. The number of likely N-dealkylation sites (tertiary alicyclic amines) is 2. The summed E-state index contributed by atoms with van der Waals surface area (Å²) in [5.74, 6) is 0.841. The van der Waals surface area contributed by atoms with Gasteiger partial charge in [0, 0.05) is 87.2 Å². The first kappa shape index (κ1) is 56.9. The SMILES string of the molecule is COc1ccc(CN2CC3CC2CN(C2CC4(CCN(c5ccc(C(=O)NS(=O)(=O)c6cc([NH+](C)[O-])c(NC[C@H]7CC[C@](C)(O)CC7)c7[nH]cnc67)c(Oc6cc7c(nc6OC)CC=C7F)c5)CC4)C2)[C@H](c2ccccc2C(C)C)C3)cc1. The van der Waals surface area contributed by atoms with Crippen LogP contribution < -0.4 is 34.2 Å². The Labute approximate surface area is 486 Å². The monoisotopic (exact) mass is 1150 g/mol. The highest BCUT2D eigenvalue weighted by atomic mass is 32.2. The number of aromatic amines is 1. The molecule has 6 aliphatic rings. The van der Waals surface area contributed by atoms with E-state index < -0.39 is 27.4 Å². The number of hydrogen-bond acceptors (Lipinski definition) is 14. The van der Waals surface area contributed by atoms with Gasteiger partial charge in [-0.3, -0.25) is 14.6 Å². The molecule has 3 saturated heterocycles. The van der Waals surface area contributed by atoms with Crippen molar-refractivity contribution in [2.45, 2.75) is 132 Å². The van der Waals surface area contributed by atoms with Gasteiger partial charge in [-0.25, -0.2) is 27.5 Å². The molecule has 17 nitrogen and oxygen atoms in total. The number of hydroxylamine groups is 1. The molecule has 440 valence electrons. The van der Waals surface area contributed by atoms with Gasteiger partial charge >= 0.3 is 0 Å². The Morgan fingerprint density at radius 2 is 1.71 bits per heavy atom. The lowest BCUT2D eigenvalue weighted by Crippen LogP contribution is -2.98. The molecular formula is C64H78FN9O8S. The predicted molar refractivity (Wildman–Crippen MR) is 319 cm³/mol. The number of imidazole rings is 1. The van der Waals surface area contributed by atoms with Crippen molar-refractivity contribution in [1.29, 1.82) is 0 Å². The van der Waals surface area contributed by atoms with E-state index in [-0.39, 0.29) is 67.4 Å². The van der Waals surface area contributed by atoms with Crippen LogP contribution in [0.5, 0.6) is 23.1 Å². The molecule has 3 unspecified atom stereocenters. The zero-order valence-electron chi connectivity index (χ0n) is 48.5. The second-order valence-corrected chi connectivity index (χ2v) is 26.7. The second kappa shape index (κ2) is 22.8. The van der Waals surface area contributed by atoms with Crippen molar-refractivity contribution >= 4 is 49.9 Å². The Kier molecular flexibility index (Phi) is 15.6. The number of methoxy groups -OCH3 is 2. The minimum Gasteiger partial charge on any atom is -0.629 e. The fourth-order valence-electron chi connectivity index (χ4n) is 14.5. The summed E-state index contributed by atoms with van der Waals surface area (Å²) < 4.78 is 64.2. The van der Waals surface area contributed by atoms with E-state index in [1.54, 1.807) is 19.2 Å². The summed E-state index contributed by atoms with van der Waals surface area (Å²) in [5, 5.41) is 26.8. The number of carbonyl (C=O) groups excluding carboxylic acids is 1. The minimum absolute atomic E-state index is 0.0176. The van der Waals surface area contributed by atoms with Crippen molar-refractivity contribution in [3.8, 4) is 23.1 Å². The Morgan fingerprint density at radius 3 is 2.43 bits per heavy atom. The quantitative estimate of drug-likeness (QED) is 0.0540. The molecule has 3 aliphatic heterocycles. The van der Waals surface area contributed by atoms with E-state index >= 15 is 4.39 Å². The maximum Gasteiger partial charge on any atom is 0.268 e. The highest BCUT2D eigenvalue weighted by molar-refractivity contribution is 7.90. The number of pyridine rings is 1. The Morgan fingerprint density at radius 1 is 0.952 bits per heavy atom. The fourth-order valence-corrected chi connectivity index (χ4v) is 15.7. The van der Waals surface area contributed by atoms with E-state index in [2.05, 4.69) is 102 Å². The molecule has 6 aromatic rings. The molecule has 5 fully saturated rings. The molecule has 5 heterocycles. The number of aliphatic hydroxyl groups is 1. The number of halogens is 1. The van der Waals surface area contributed by atoms with E-state index in [1.807, 2.05) is 13.0 Å². The van der Waals surface area contributed by atoms with E-state index in [0.29, 0.717) is 66.2 Å². The number of amides is 1. The van der Waals surface area contributed by atoms with Gasteiger partial charge in [0.15, 0.2) is 11.4 Å². The first-order chi connectivity index (χ1) is 39.9. The Bertz CT molecular complexity index is 3530. The first-order valence-electron chi connectivity index (χ1n) is 29.6. The number of carbonyl (C=O) groups is 1. The van der Waals surface area contributed by atoms with Gasteiger partial charge in [-0.1, -0.05) is 50.2 Å². The fraction of sp³-hybridized carbons (Fsp3) is 0.484. The van der Waals surface area contributed by atoms with E-state index in [1.165, 1.54) is 61.8 Å². The number of rotatable bonds is 17. The largest absolute Gasteiger partial charge is 0.629 e. The van der Waals surface area contributed by atoms with E-state index in [0.717, 1.165) is 89.1 Å². The molecule has 3 aliphatic carbocycles. The summed E-state index contributed by atoms with van der Waals surface area (Å²) in [5.41, 5.74) is 5.98. The second-order valence-electron chi connectivity index (χ2n) is 25.1. The summed E-state index contributed by atoms with van der Waals surface area (Å²) in [4.78, 5) is 34.1.